The highest BCUT2D eigenvalue weighted by atomic mass is 19.1. The first-order chi connectivity index (χ1) is 12.1. The number of amides is 1. The number of benzene rings is 1. The summed E-state index contributed by atoms with van der Waals surface area (Å²) in [6.07, 6.45) is 3.29. The molecule has 0 aliphatic carbocycles. The maximum atomic E-state index is 13.1. The molecule has 1 aromatic carbocycles. The van der Waals surface area contributed by atoms with E-state index in [1.807, 2.05) is 0 Å². The summed E-state index contributed by atoms with van der Waals surface area (Å²) >= 11 is 0. The number of carbonyl (C=O) groups is 1. The lowest BCUT2D eigenvalue weighted by molar-refractivity contribution is -0.000291. The largest absolute Gasteiger partial charge is 0.487 e. The van der Waals surface area contributed by atoms with E-state index in [1.54, 1.807) is 30.1 Å². The fourth-order valence-corrected chi connectivity index (χ4v) is 2.80. The molecule has 1 aromatic heterocycles. The maximum absolute atomic E-state index is 13.1. The summed E-state index contributed by atoms with van der Waals surface area (Å²) in [6.45, 7) is 1.50. The predicted octanol–water partition coefficient (Wildman–Crippen LogP) is 2.77. The molecule has 2 aromatic rings. The molecule has 6 nitrogen and oxygen atoms in total. The van der Waals surface area contributed by atoms with E-state index >= 15 is 0 Å². The Labute approximate surface area is 145 Å². The Hall–Kier alpha value is -2.41. The minimum Gasteiger partial charge on any atom is -0.487 e. The molecule has 1 saturated heterocycles. The molecule has 1 unspecified atom stereocenters. The van der Waals surface area contributed by atoms with Crippen LogP contribution in [0.15, 0.2) is 30.3 Å². The van der Waals surface area contributed by atoms with Crippen molar-refractivity contribution in [3.8, 4) is 5.75 Å². The Kier molecular flexibility index (Phi) is 5.65. The van der Waals surface area contributed by atoms with Crippen molar-refractivity contribution in [2.45, 2.75) is 32.0 Å². The number of ether oxygens (including phenoxy) is 2. The lowest BCUT2D eigenvalue weighted by Crippen LogP contribution is -2.37. The predicted molar refractivity (Wildman–Crippen MR) is 89.9 cm³/mol. The maximum Gasteiger partial charge on any atom is 0.274 e. The Morgan fingerprint density at radius 3 is 3.08 bits per heavy atom. The van der Waals surface area contributed by atoms with Gasteiger partial charge in [-0.2, -0.15) is 5.10 Å². The fraction of sp³-hybridized carbons (Fsp3) is 0.444. The van der Waals surface area contributed by atoms with Crippen molar-refractivity contribution in [3.05, 3.63) is 47.5 Å². The van der Waals surface area contributed by atoms with Gasteiger partial charge in [0.05, 0.1) is 11.8 Å². The van der Waals surface area contributed by atoms with Crippen molar-refractivity contribution in [2.24, 2.45) is 0 Å². The van der Waals surface area contributed by atoms with Crippen LogP contribution in [0.4, 0.5) is 4.39 Å². The van der Waals surface area contributed by atoms with Crippen LogP contribution in [0.5, 0.6) is 5.75 Å². The first kappa shape index (κ1) is 17.4. The lowest BCUT2D eigenvalue weighted by atomic mass is 10.1. The van der Waals surface area contributed by atoms with E-state index < -0.39 is 0 Å². The van der Waals surface area contributed by atoms with E-state index in [9.17, 15) is 9.18 Å². The van der Waals surface area contributed by atoms with Gasteiger partial charge < -0.3 is 14.4 Å². The summed E-state index contributed by atoms with van der Waals surface area (Å²) in [7, 11) is 1.75. The molecule has 0 bridgehead atoms. The third kappa shape index (κ3) is 4.79. The molecule has 25 heavy (non-hydrogen) atoms. The molecule has 0 spiro atoms. The van der Waals surface area contributed by atoms with Crippen LogP contribution in [-0.2, 0) is 11.3 Å². The number of nitrogens with one attached hydrogen (secondary N) is 1. The Morgan fingerprint density at radius 1 is 1.44 bits per heavy atom. The average Bonchev–Trinajstić information content (AvgIpc) is 3.09. The Balaban J connectivity index is 1.53. The van der Waals surface area contributed by atoms with Crippen molar-refractivity contribution < 1.29 is 18.7 Å². The molecule has 2 heterocycles. The second-order valence-corrected chi connectivity index (χ2v) is 6.20. The Morgan fingerprint density at radius 2 is 2.32 bits per heavy atom. The Bertz CT molecular complexity index is 713. The van der Waals surface area contributed by atoms with Crippen molar-refractivity contribution in [2.75, 3.05) is 20.2 Å². The van der Waals surface area contributed by atoms with E-state index in [0.29, 0.717) is 23.7 Å². The summed E-state index contributed by atoms with van der Waals surface area (Å²) in [5.74, 6) is -0.0963. The van der Waals surface area contributed by atoms with Gasteiger partial charge in [0, 0.05) is 26.3 Å². The quantitative estimate of drug-likeness (QED) is 0.872. The molecule has 134 valence electrons. The summed E-state index contributed by atoms with van der Waals surface area (Å²) in [5, 5.41) is 6.83. The molecule has 1 amide bonds. The zero-order valence-electron chi connectivity index (χ0n) is 14.2. The van der Waals surface area contributed by atoms with Gasteiger partial charge in [-0.05, 0) is 37.5 Å². The van der Waals surface area contributed by atoms with Gasteiger partial charge >= 0.3 is 0 Å². The highest BCUT2D eigenvalue weighted by molar-refractivity contribution is 5.92. The number of aromatic amines is 1. The smallest absolute Gasteiger partial charge is 0.274 e. The molecule has 0 saturated carbocycles. The fourth-order valence-electron chi connectivity index (χ4n) is 2.80. The topological polar surface area (TPSA) is 67.4 Å². The second kappa shape index (κ2) is 8.11. The van der Waals surface area contributed by atoms with Crippen LogP contribution in [0.25, 0.3) is 0 Å². The van der Waals surface area contributed by atoms with Gasteiger partial charge in [-0.3, -0.25) is 9.89 Å². The summed E-state index contributed by atoms with van der Waals surface area (Å²) in [4.78, 5) is 14.1. The van der Waals surface area contributed by atoms with Crippen LogP contribution in [0.1, 0.15) is 35.4 Å². The van der Waals surface area contributed by atoms with Crippen LogP contribution >= 0.6 is 0 Å². The molecule has 1 N–H and O–H groups in total. The number of aromatic nitrogens is 2. The first-order valence-corrected chi connectivity index (χ1v) is 8.41. The second-order valence-electron chi connectivity index (χ2n) is 6.20. The molecule has 1 atom stereocenters. The number of likely N-dealkylation sites (N-methyl/N-ethyl adjacent to an activating group) is 1. The van der Waals surface area contributed by atoms with E-state index in [0.717, 1.165) is 25.9 Å². The van der Waals surface area contributed by atoms with Crippen molar-refractivity contribution >= 4 is 5.91 Å². The third-order valence-corrected chi connectivity index (χ3v) is 4.14. The van der Waals surface area contributed by atoms with Crippen molar-refractivity contribution in [3.63, 3.8) is 0 Å². The van der Waals surface area contributed by atoms with Crippen LogP contribution in [-0.4, -0.2) is 47.3 Å². The minimum absolute atomic E-state index is 0.0948. The zero-order chi connectivity index (χ0) is 17.6. The van der Waals surface area contributed by atoms with E-state index in [1.165, 1.54) is 12.1 Å². The molecular weight excluding hydrogens is 325 g/mol. The number of halogens is 1. The first-order valence-electron chi connectivity index (χ1n) is 8.41. The highest BCUT2D eigenvalue weighted by Gasteiger charge is 2.21. The average molecular weight is 347 g/mol. The number of H-pyrrole nitrogens is 1. The summed E-state index contributed by atoms with van der Waals surface area (Å²) < 4.78 is 24.3. The van der Waals surface area contributed by atoms with Crippen LogP contribution < -0.4 is 4.74 Å². The van der Waals surface area contributed by atoms with E-state index in [-0.39, 0.29) is 24.4 Å². The monoisotopic (exact) mass is 347 g/mol. The molecule has 1 aliphatic rings. The minimum atomic E-state index is -0.357. The van der Waals surface area contributed by atoms with E-state index in [2.05, 4.69) is 10.2 Å². The number of hydrogen-bond acceptors (Lipinski definition) is 4. The number of rotatable bonds is 6. The van der Waals surface area contributed by atoms with Crippen molar-refractivity contribution in [1.82, 2.24) is 15.1 Å². The normalized spacial score (nSPS) is 17.3. The van der Waals surface area contributed by atoms with E-state index in [4.69, 9.17) is 9.47 Å². The van der Waals surface area contributed by atoms with Gasteiger partial charge in [-0.1, -0.05) is 6.07 Å². The van der Waals surface area contributed by atoms with Gasteiger partial charge in [-0.15, -0.1) is 0 Å². The molecule has 1 fully saturated rings. The molecule has 0 radical (unpaired) electrons. The SMILES string of the molecule is CN(CC1CCCCO1)C(=O)c1cc(COc2cccc(F)c2)[nH]n1. The van der Waals surface area contributed by atoms with Crippen molar-refractivity contribution in [1.29, 1.82) is 0 Å². The molecule has 7 heteroatoms. The summed E-state index contributed by atoms with van der Waals surface area (Å²) in [5.41, 5.74) is 0.978. The molecule has 3 rings (SSSR count). The summed E-state index contributed by atoms with van der Waals surface area (Å²) in [6, 6.07) is 7.56. The molecular formula is C18H22FN3O3. The molecule has 1 aliphatic heterocycles. The van der Waals surface area contributed by atoms with Gasteiger partial charge in [0.2, 0.25) is 0 Å². The number of carbonyl (C=O) groups excluding carboxylic acids is 1. The van der Waals surface area contributed by atoms with Crippen LogP contribution in [0.2, 0.25) is 0 Å². The highest BCUT2D eigenvalue weighted by Crippen LogP contribution is 2.16. The standard InChI is InChI=1S/C18H22FN3O3/c1-22(11-16-6-2-3-8-24-16)18(23)17-10-14(20-21-17)12-25-15-7-4-5-13(19)9-15/h4-5,7,9-10,16H,2-3,6,8,11-12H2,1H3,(H,20,21). The van der Waals surface area contributed by atoms with Gasteiger partial charge in [0.1, 0.15) is 18.2 Å². The zero-order valence-corrected chi connectivity index (χ0v) is 14.2. The van der Waals surface area contributed by atoms with Crippen LogP contribution in [0, 0.1) is 5.82 Å². The number of hydrogen-bond donors (Lipinski definition) is 1. The van der Waals surface area contributed by atoms with Gasteiger partial charge in [-0.25, -0.2) is 4.39 Å². The lowest BCUT2D eigenvalue weighted by Gasteiger charge is -2.27. The third-order valence-electron chi connectivity index (χ3n) is 4.14. The van der Waals surface area contributed by atoms with Crippen LogP contribution in [0.3, 0.4) is 0 Å². The van der Waals surface area contributed by atoms with Gasteiger partial charge in [0.15, 0.2) is 5.69 Å². The van der Waals surface area contributed by atoms with Gasteiger partial charge in [0.25, 0.3) is 5.91 Å². The number of nitrogens with zero attached hydrogens (tertiary/aromatic N) is 2.